The van der Waals surface area contributed by atoms with Crippen LogP contribution in [-0.2, 0) is 56.7 Å². The van der Waals surface area contributed by atoms with E-state index < -0.39 is 99.8 Å². The molecule has 5 unspecified atom stereocenters. The van der Waals surface area contributed by atoms with Gasteiger partial charge in [-0.3, -0.25) is 18.9 Å². The summed E-state index contributed by atoms with van der Waals surface area (Å²) in [4.78, 5) is 76.6. The van der Waals surface area contributed by atoms with Crippen LogP contribution in [0.3, 0.4) is 0 Å². The number of hydrogen-bond acceptors (Lipinski definition) is 13. The summed E-state index contributed by atoms with van der Waals surface area (Å²) in [5.41, 5.74) is 0. The Bertz CT molecular complexity index is 1710. The van der Waals surface area contributed by atoms with Gasteiger partial charge in [0.15, 0.2) is 18.4 Å². The summed E-state index contributed by atoms with van der Waals surface area (Å²) < 4.78 is 55.8. The van der Waals surface area contributed by atoms with E-state index in [2.05, 4.69) is 52.2 Å². The Hall–Kier alpha value is -2.25. The fraction of sp³-hybridized carbons (Fsp3) is 0.942. The number of esters is 1. The summed E-state index contributed by atoms with van der Waals surface area (Å²) in [5, 5.41) is 26.9. The summed E-state index contributed by atoms with van der Waals surface area (Å²) >= 11 is 0. The molecule has 0 bridgehead atoms. The molecule has 6 N–H and O–H groups in total. The highest BCUT2D eigenvalue weighted by atomic mass is 31.2. The van der Waals surface area contributed by atoms with Crippen molar-refractivity contribution < 1.29 is 76.7 Å². The molecule has 1 saturated heterocycles. The fourth-order valence-corrected chi connectivity index (χ4v) is 12.1. The number of aliphatic hydroxyl groups excluding tert-OH is 1. The number of hydrogen-bond donors (Lipinski definition) is 6. The van der Waals surface area contributed by atoms with Crippen molar-refractivity contribution in [3.05, 3.63) is 0 Å². The number of ether oxygens (including phenoxy) is 6. The van der Waals surface area contributed by atoms with Gasteiger partial charge in [-0.05, 0) is 38.5 Å². The molecule has 0 aliphatic carbocycles. The molecule has 0 aromatic heterocycles. The number of unbranched alkanes of at least 4 members (excludes halogenated alkanes) is 33. The maximum atomic E-state index is 14.6. The lowest BCUT2D eigenvalue weighted by Crippen LogP contribution is -2.66. The number of carboxylic acid groups (broad SMARTS) is 1. The van der Waals surface area contributed by atoms with E-state index in [0.29, 0.717) is 39.1 Å². The molecule has 1 fully saturated rings. The second-order valence-corrected chi connectivity index (χ2v) is 26.4. The minimum absolute atomic E-state index is 0.0807. The van der Waals surface area contributed by atoms with Crippen LogP contribution < -0.4 is 10.6 Å². The van der Waals surface area contributed by atoms with Gasteiger partial charge >= 0.3 is 19.8 Å². The first-order valence-electron chi connectivity index (χ1n) is 36.1. The molecule has 1 aliphatic rings. The molecule has 0 spiro atoms. The predicted octanol–water partition coefficient (Wildman–Crippen LogP) is 16.0. The summed E-state index contributed by atoms with van der Waals surface area (Å²) in [6.07, 6.45) is 35.0. The number of phosphoric acid groups is 1. The lowest BCUT2D eigenvalue weighted by Gasteiger charge is -2.45. The number of amides is 2. The van der Waals surface area contributed by atoms with Gasteiger partial charge in [0.1, 0.15) is 18.2 Å². The molecule has 1 rings (SSSR count). The summed E-state index contributed by atoms with van der Waals surface area (Å²) in [5.74, 6) is -3.38. The lowest BCUT2D eigenvalue weighted by atomic mass is 9.95. The molecule has 0 radical (unpaired) electrons. The number of aliphatic carboxylic acids is 1. The molecule has 0 aromatic carbocycles. The maximum absolute atomic E-state index is 14.6. The Balaban J connectivity index is 3.66. The van der Waals surface area contributed by atoms with Crippen molar-refractivity contribution >= 4 is 31.6 Å². The topological polar surface area (TPSA) is 255 Å². The SMILES string of the molecule is CCCCCCCCCCC[C@H](CC(=O)NC1C(OC[C@H](NC(=O)C[C@@H](CCCCCCCCCCC)OCCCCCC)C(=O)O)OC(CO)C(OP(=O)(O)O)C1OC(=O)C[C@@H](CCCCCCCCCCC)OCCCCCC)OCCCCCC. The summed E-state index contributed by atoms with van der Waals surface area (Å²) in [6, 6.07) is -3.22. The number of aliphatic hydroxyl groups is 1. The first-order chi connectivity index (χ1) is 42.7. The van der Waals surface area contributed by atoms with E-state index in [1.54, 1.807) is 0 Å². The van der Waals surface area contributed by atoms with Crippen molar-refractivity contribution in [1.82, 2.24) is 10.6 Å². The highest BCUT2D eigenvalue weighted by molar-refractivity contribution is 7.46. The van der Waals surface area contributed by atoms with E-state index in [0.717, 1.165) is 154 Å². The van der Waals surface area contributed by atoms with Crippen LogP contribution in [0.5, 0.6) is 0 Å². The standard InChI is InChI=1S/C69H133N2O16P/c1-7-13-19-25-28-31-34-37-40-46-57(81-49-43-22-16-10-4)52-62(73)70-60(68(76)77)56-84-69-65(71-63(74)53-58(82-50-44-23-17-11-5)47-41-38-35-32-29-26-20-14-8-2)67(66(61(55-72)85-69)87-88(78,79)80)86-64(75)54-59(83-51-45-24-18-12-6)48-42-39-36-33-30-27-21-15-9-3/h57-61,65-67,69,72H,7-56H2,1-6H3,(H,70,73)(H,71,74)(H,76,77)(H2,78,79,80)/t57-,58-,59-,60+,61?,65?,66?,67?,69?/m1/s1. The van der Waals surface area contributed by atoms with Gasteiger partial charge in [0.2, 0.25) is 11.8 Å². The molecule has 520 valence electrons. The Kier molecular flexibility index (Phi) is 54.7. The number of nitrogens with one attached hydrogen (secondary N) is 2. The van der Waals surface area contributed by atoms with Crippen molar-refractivity contribution in [3.8, 4) is 0 Å². The molecule has 19 heteroatoms. The highest BCUT2D eigenvalue weighted by Gasteiger charge is 2.52. The Morgan fingerprint density at radius 2 is 0.807 bits per heavy atom. The van der Waals surface area contributed by atoms with E-state index in [1.807, 2.05) is 0 Å². The Morgan fingerprint density at radius 3 is 1.16 bits per heavy atom. The summed E-state index contributed by atoms with van der Waals surface area (Å²) in [7, 11) is -5.42. The Labute approximate surface area is 535 Å². The lowest BCUT2D eigenvalue weighted by molar-refractivity contribution is -0.272. The Morgan fingerprint density at radius 1 is 0.466 bits per heavy atom. The number of carbonyl (C=O) groups is 4. The van der Waals surface area contributed by atoms with Gasteiger partial charge in [0.05, 0.1) is 50.8 Å². The third kappa shape index (κ3) is 45.9. The smallest absolute Gasteiger partial charge is 0.470 e. The molecular formula is C69H133N2O16P. The van der Waals surface area contributed by atoms with Crippen molar-refractivity contribution in [1.29, 1.82) is 0 Å². The van der Waals surface area contributed by atoms with Crippen molar-refractivity contribution in [2.24, 2.45) is 0 Å². The third-order valence-electron chi connectivity index (χ3n) is 16.9. The monoisotopic (exact) mass is 1280 g/mol. The van der Waals surface area contributed by atoms with Crippen LogP contribution in [0, 0.1) is 0 Å². The second kappa shape index (κ2) is 57.4. The molecule has 0 aromatic rings. The van der Waals surface area contributed by atoms with Gasteiger partial charge < -0.3 is 59.1 Å². The van der Waals surface area contributed by atoms with Crippen LogP contribution in [0.4, 0.5) is 0 Å². The van der Waals surface area contributed by atoms with Gasteiger partial charge in [-0.25, -0.2) is 9.36 Å². The van der Waals surface area contributed by atoms with Crippen molar-refractivity contribution in [2.75, 3.05) is 33.0 Å². The zero-order valence-corrected chi connectivity index (χ0v) is 57.6. The van der Waals surface area contributed by atoms with Crippen LogP contribution >= 0.6 is 7.82 Å². The molecule has 2 amide bonds. The molecule has 88 heavy (non-hydrogen) atoms. The van der Waals surface area contributed by atoms with Crippen molar-refractivity contribution in [3.63, 3.8) is 0 Å². The normalized spacial score (nSPS) is 18.4. The average Bonchev–Trinajstić information content (AvgIpc) is 3.07. The van der Waals surface area contributed by atoms with Gasteiger partial charge in [-0.15, -0.1) is 0 Å². The largest absolute Gasteiger partial charge is 0.480 e. The fourth-order valence-electron chi connectivity index (χ4n) is 11.6. The number of carboxylic acids is 1. The second-order valence-electron chi connectivity index (χ2n) is 25.2. The molecule has 18 nitrogen and oxygen atoms in total. The first-order valence-corrected chi connectivity index (χ1v) is 37.7. The molecular weight excluding hydrogens is 1140 g/mol. The van der Waals surface area contributed by atoms with E-state index in [4.69, 9.17) is 32.9 Å². The maximum Gasteiger partial charge on any atom is 0.470 e. The van der Waals surface area contributed by atoms with E-state index in [1.165, 1.54) is 96.3 Å². The number of rotatable bonds is 64. The number of phosphoric ester groups is 1. The zero-order chi connectivity index (χ0) is 64.7. The van der Waals surface area contributed by atoms with Crippen molar-refractivity contribution in [2.45, 2.75) is 385 Å². The molecule has 9 atom stereocenters. The first kappa shape index (κ1) is 83.8. The van der Waals surface area contributed by atoms with Crippen LogP contribution in [-0.4, -0.2) is 132 Å². The van der Waals surface area contributed by atoms with E-state index in [9.17, 15) is 43.7 Å². The third-order valence-corrected chi connectivity index (χ3v) is 17.4. The minimum atomic E-state index is -5.42. The van der Waals surface area contributed by atoms with Gasteiger partial charge in [0.25, 0.3) is 0 Å². The average molecular weight is 1280 g/mol. The molecule has 1 heterocycles. The zero-order valence-electron chi connectivity index (χ0n) is 56.7. The quantitative estimate of drug-likeness (QED) is 0.0188. The van der Waals surface area contributed by atoms with Gasteiger partial charge in [-0.1, -0.05) is 273 Å². The number of carbonyl (C=O) groups excluding carboxylic acids is 3. The highest BCUT2D eigenvalue weighted by Crippen LogP contribution is 2.42. The minimum Gasteiger partial charge on any atom is -0.480 e. The van der Waals surface area contributed by atoms with Crippen LogP contribution in [0.2, 0.25) is 0 Å². The molecule has 0 saturated carbocycles. The van der Waals surface area contributed by atoms with E-state index in [-0.39, 0.29) is 19.3 Å². The molecule has 1 aliphatic heterocycles. The van der Waals surface area contributed by atoms with Crippen LogP contribution in [0.15, 0.2) is 0 Å². The summed E-state index contributed by atoms with van der Waals surface area (Å²) in [6.45, 7) is 12.7. The van der Waals surface area contributed by atoms with Gasteiger partial charge in [-0.2, -0.15) is 0 Å². The van der Waals surface area contributed by atoms with Crippen LogP contribution in [0.1, 0.15) is 330 Å². The van der Waals surface area contributed by atoms with E-state index >= 15 is 0 Å². The van der Waals surface area contributed by atoms with Gasteiger partial charge in [0, 0.05) is 19.8 Å². The predicted molar refractivity (Wildman–Crippen MR) is 351 cm³/mol. The van der Waals surface area contributed by atoms with Crippen LogP contribution in [0.25, 0.3) is 0 Å².